The number of hydrogen-bond acceptors (Lipinski definition) is 4. The number of nitro groups is 1. The molecule has 7 heteroatoms. The number of rotatable bonds is 6. The number of nitro benzene ring substituents is 1. The summed E-state index contributed by atoms with van der Waals surface area (Å²) in [5.41, 5.74) is 3.51. The number of non-ortho nitro benzene ring substituents is 1. The average Bonchev–Trinajstić information content (AvgIpc) is 2.83. The largest absolute Gasteiger partial charge is 0.305 e. The molecule has 0 radical (unpaired) electrons. The van der Waals surface area contributed by atoms with Crippen LogP contribution in [0.4, 0.5) is 11.4 Å². The van der Waals surface area contributed by atoms with E-state index in [1.165, 1.54) is 6.07 Å². The molecule has 0 unspecified atom stereocenters. The molecule has 1 heterocycles. The Kier molecular flexibility index (Phi) is 7.06. The standard InChI is InChI=1S/C26H26ClN3O3/c1-19-7-9-22(10-8-19)29(26(31)20-5-3-2-4-6-20)23-13-15-28(16-14-23)18-21-17-24(30(32)33)11-12-25(21)27/h2-12,17,23H,13-16,18H2,1H3. The fourth-order valence-electron chi connectivity index (χ4n) is 4.29. The first-order valence-electron chi connectivity index (χ1n) is 11.0. The van der Waals surface area contributed by atoms with Gasteiger partial charge in [0.15, 0.2) is 0 Å². The lowest BCUT2D eigenvalue weighted by Gasteiger charge is -2.38. The first-order valence-corrected chi connectivity index (χ1v) is 11.4. The van der Waals surface area contributed by atoms with Gasteiger partial charge in [0, 0.05) is 54.1 Å². The van der Waals surface area contributed by atoms with Crippen LogP contribution in [0, 0.1) is 17.0 Å². The van der Waals surface area contributed by atoms with E-state index in [-0.39, 0.29) is 17.6 Å². The highest BCUT2D eigenvalue weighted by Gasteiger charge is 2.30. The number of benzene rings is 3. The van der Waals surface area contributed by atoms with Gasteiger partial charge in [-0.25, -0.2) is 0 Å². The van der Waals surface area contributed by atoms with Crippen molar-refractivity contribution in [2.45, 2.75) is 32.4 Å². The summed E-state index contributed by atoms with van der Waals surface area (Å²) in [4.78, 5) is 28.4. The number of nitrogens with zero attached hydrogens (tertiary/aromatic N) is 3. The van der Waals surface area contributed by atoms with E-state index in [0.717, 1.165) is 42.7 Å². The van der Waals surface area contributed by atoms with Gasteiger partial charge in [0.25, 0.3) is 11.6 Å². The molecule has 170 valence electrons. The molecule has 6 nitrogen and oxygen atoms in total. The quantitative estimate of drug-likeness (QED) is 0.339. The fourth-order valence-corrected chi connectivity index (χ4v) is 4.47. The zero-order chi connectivity index (χ0) is 23.4. The Hall–Kier alpha value is -3.22. The van der Waals surface area contributed by atoms with E-state index in [4.69, 9.17) is 11.6 Å². The molecule has 33 heavy (non-hydrogen) atoms. The van der Waals surface area contributed by atoms with Gasteiger partial charge in [0.2, 0.25) is 0 Å². The Morgan fingerprint density at radius 2 is 1.73 bits per heavy atom. The van der Waals surface area contributed by atoms with Gasteiger partial charge in [-0.3, -0.25) is 19.8 Å². The molecule has 0 atom stereocenters. The number of anilines is 1. The summed E-state index contributed by atoms with van der Waals surface area (Å²) in [5.74, 6) is -0.000341. The lowest BCUT2D eigenvalue weighted by atomic mass is 10.00. The zero-order valence-electron chi connectivity index (χ0n) is 18.5. The second kappa shape index (κ2) is 10.1. The lowest BCUT2D eigenvalue weighted by molar-refractivity contribution is -0.384. The fraction of sp³-hybridized carbons (Fsp3) is 0.269. The summed E-state index contributed by atoms with van der Waals surface area (Å²) in [6.45, 7) is 4.12. The summed E-state index contributed by atoms with van der Waals surface area (Å²) >= 11 is 6.30. The van der Waals surface area contributed by atoms with Crippen LogP contribution in [0.25, 0.3) is 0 Å². The molecule has 1 saturated heterocycles. The summed E-state index contributed by atoms with van der Waals surface area (Å²) in [7, 11) is 0. The molecule has 4 rings (SSSR count). The number of carbonyl (C=O) groups is 1. The van der Waals surface area contributed by atoms with Crippen LogP contribution in [0.15, 0.2) is 72.8 Å². The molecule has 1 amide bonds. The van der Waals surface area contributed by atoms with Crippen LogP contribution in [-0.2, 0) is 6.54 Å². The van der Waals surface area contributed by atoms with Gasteiger partial charge in [0.05, 0.1) is 4.92 Å². The van der Waals surface area contributed by atoms with Crippen molar-refractivity contribution in [3.8, 4) is 0 Å². The van der Waals surface area contributed by atoms with Gasteiger partial charge in [-0.2, -0.15) is 0 Å². The molecular weight excluding hydrogens is 438 g/mol. The Morgan fingerprint density at radius 3 is 2.36 bits per heavy atom. The van der Waals surface area contributed by atoms with E-state index in [2.05, 4.69) is 4.90 Å². The van der Waals surface area contributed by atoms with E-state index in [9.17, 15) is 14.9 Å². The van der Waals surface area contributed by atoms with Crippen LogP contribution in [0.3, 0.4) is 0 Å². The topological polar surface area (TPSA) is 66.7 Å². The Morgan fingerprint density at radius 1 is 1.06 bits per heavy atom. The molecule has 1 aliphatic rings. The van der Waals surface area contributed by atoms with Gasteiger partial charge < -0.3 is 4.90 Å². The summed E-state index contributed by atoms with van der Waals surface area (Å²) in [6, 6.07) is 22.1. The number of amides is 1. The molecule has 0 aliphatic carbocycles. The maximum Gasteiger partial charge on any atom is 0.269 e. The van der Waals surface area contributed by atoms with Crippen molar-refractivity contribution in [3.63, 3.8) is 0 Å². The maximum atomic E-state index is 13.5. The van der Waals surface area contributed by atoms with Gasteiger partial charge in [-0.15, -0.1) is 0 Å². The molecule has 0 N–H and O–H groups in total. The number of carbonyl (C=O) groups excluding carboxylic acids is 1. The van der Waals surface area contributed by atoms with Crippen molar-refractivity contribution >= 4 is 28.9 Å². The molecule has 0 aromatic heterocycles. The van der Waals surface area contributed by atoms with Crippen molar-refractivity contribution < 1.29 is 9.72 Å². The highest BCUT2D eigenvalue weighted by atomic mass is 35.5. The van der Waals surface area contributed by atoms with Crippen LogP contribution in [0.1, 0.15) is 34.3 Å². The van der Waals surface area contributed by atoms with Crippen LogP contribution < -0.4 is 4.90 Å². The van der Waals surface area contributed by atoms with Gasteiger partial charge in [-0.05, 0) is 55.7 Å². The third-order valence-corrected chi connectivity index (χ3v) is 6.48. The van der Waals surface area contributed by atoms with Gasteiger partial charge in [0.1, 0.15) is 0 Å². The van der Waals surface area contributed by atoms with E-state index in [1.54, 1.807) is 12.1 Å². The first-order chi connectivity index (χ1) is 15.9. The molecule has 1 aliphatic heterocycles. The molecule has 1 fully saturated rings. The normalized spacial score (nSPS) is 14.7. The Labute approximate surface area is 198 Å². The number of halogens is 1. The minimum Gasteiger partial charge on any atom is -0.305 e. The van der Waals surface area contributed by atoms with Crippen molar-refractivity contribution in [2.24, 2.45) is 0 Å². The van der Waals surface area contributed by atoms with E-state index >= 15 is 0 Å². The van der Waals surface area contributed by atoms with Crippen molar-refractivity contribution in [1.29, 1.82) is 0 Å². The van der Waals surface area contributed by atoms with Crippen molar-refractivity contribution in [2.75, 3.05) is 18.0 Å². The predicted octanol–water partition coefficient (Wildman–Crippen LogP) is 5.87. The molecule has 0 spiro atoms. The zero-order valence-corrected chi connectivity index (χ0v) is 19.2. The maximum absolute atomic E-state index is 13.5. The van der Waals surface area contributed by atoms with E-state index in [1.807, 2.05) is 66.4 Å². The third-order valence-electron chi connectivity index (χ3n) is 6.11. The summed E-state index contributed by atoms with van der Waals surface area (Å²) in [6.07, 6.45) is 1.61. The Bertz CT molecular complexity index is 1130. The Balaban J connectivity index is 1.50. The third kappa shape index (κ3) is 5.41. The number of hydrogen-bond donors (Lipinski definition) is 0. The average molecular weight is 464 g/mol. The SMILES string of the molecule is Cc1ccc(N(C(=O)c2ccccc2)C2CCN(Cc3cc([N+](=O)[O-])ccc3Cl)CC2)cc1. The first kappa shape index (κ1) is 23.0. The smallest absolute Gasteiger partial charge is 0.269 e. The van der Waals surface area contributed by atoms with Crippen LogP contribution in [0.2, 0.25) is 5.02 Å². The number of likely N-dealkylation sites (tertiary alicyclic amines) is 1. The van der Waals surface area contributed by atoms with E-state index < -0.39 is 4.92 Å². The van der Waals surface area contributed by atoms with Gasteiger partial charge >= 0.3 is 0 Å². The van der Waals surface area contributed by atoms with Crippen LogP contribution in [0.5, 0.6) is 0 Å². The number of aryl methyl sites for hydroxylation is 1. The summed E-state index contributed by atoms with van der Waals surface area (Å²) < 4.78 is 0. The molecule has 3 aromatic carbocycles. The summed E-state index contributed by atoms with van der Waals surface area (Å²) in [5, 5.41) is 11.7. The molecule has 0 bridgehead atoms. The lowest BCUT2D eigenvalue weighted by Crippen LogP contribution is -2.47. The predicted molar refractivity (Wildman–Crippen MR) is 131 cm³/mol. The second-order valence-corrected chi connectivity index (χ2v) is 8.82. The highest BCUT2D eigenvalue weighted by Crippen LogP contribution is 2.29. The van der Waals surface area contributed by atoms with Crippen LogP contribution in [-0.4, -0.2) is 34.9 Å². The van der Waals surface area contributed by atoms with E-state index in [0.29, 0.717) is 17.1 Å². The highest BCUT2D eigenvalue weighted by molar-refractivity contribution is 6.31. The van der Waals surface area contributed by atoms with Crippen molar-refractivity contribution in [1.82, 2.24) is 4.90 Å². The minimum atomic E-state index is -0.402. The van der Waals surface area contributed by atoms with Crippen LogP contribution >= 0.6 is 11.6 Å². The number of piperidine rings is 1. The second-order valence-electron chi connectivity index (χ2n) is 8.42. The monoisotopic (exact) mass is 463 g/mol. The molecule has 0 saturated carbocycles. The minimum absolute atomic E-state index is 0.000341. The molecular formula is C26H26ClN3O3. The molecule has 3 aromatic rings. The van der Waals surface area contributed by atoms with Gasteiger partial charge in [-0.1, -0.05) is 47.5 Å². The van der Waals surface area contributed by atoms with Crippen molar-refractivity contribution in [3.05, 3.63) is 105 Å².